The molecular formula is C18H25N3O5. The highest BCUT2D eigenvalue weighted by molar-refractivity contribution is 5.95. The Morgan fingerprint density at radius 2 is 2.00 bits per heavy atom. The summed E-state index contributed by atoms with van der Waals surface area (Å²) in [6.45, 7) is 5.63. The zero-order valence-corrected chi connectivity index (χ0v) is 15.2. The average molecular weight is 363 g/mol. The predicted molar refractivity (Wildman–Crippen MR) is 96.2 cm³/mol. The summed E-state index contributed by atoms with van der Waals surface area (Å²) in [5.41, 5.74) is 0.0422. The Bertz CT molecular complexity index is 669. The lowest BCUT2D eigenvalue weighted by molar-refractivity contribution is -0.385. The van der Waals surface area contributed by atoms with Crippen molar-refractivity contribution in [3.8, 4) is 5.75 Å². The van der Waals surface area contributed by atoms with E-state index in [2.05, 4.69) is 5.32 Å². The number of rotatable bonds is 7. The summed E-state index contributed by atoms with van der Waals surface area (Å²) in [5, 5.41) is 14.1. The molecule has 1 heterocycles. The van der Waals surface area contributed by atoms with Crippen LogP contribution >= 0.6 is 0 Å². The van der Waals surface area contributed by atoms with E-state index in [9.17, 15) is 19.7 Å². The summed E-state index contributed by atoms with van der Waals surface area (Å²) in [6, 6.07) is 4.26. The molecule has 1 aromatic carbocycles. The van der Waals surface area contributed by atoms with Gasteiger partial charge in [-0.25, -0.2) is 0 Å². The van der Waals surface area contributed by atoms with Gasteiger partial charge in [0.25, 0.3) is 5.91 Å². The number of hydrogen-bond donors (Lipinski definition) is 1. The Morgan fingerprint density at radius 3 is 2.58 bits per heavy atom. The molecule has 1 aromatic rings. The predicted octanol–water partition coefficient (Wildman–Crippen LogP) is 2.37. The molecule has 8 heteroatoms. The standard InChI is InChI=1S/C18H25N3O5/c1-3-9-19-17(22)13-7-10-20(11-8-13)18(23)14-5-6-16(26-4-2)15(12-14)21(24)25/h5-6,12-13H,3-4,7-11H2,1-2H3,(H,19,22). The monoisotopic (exact) mass is 363 g/mol. The van der Waals surface area contributed by atoms with Crippen LogP contribution in [0.2, 0.25) is 0 Å². The first kappa shape index (κ1) is 19.7. The van der Waals surface area contributed by atoms with Gasteiger partial charge in [0.05, 0.1) is 11.5 Å². The van der Waals surface area contributed by atoms with Crippen LogP contribution < -0.4 is 10.1 Å². The Kier molecular flexibility index (Phi) is 6.94. The molecule has 1 N–H and O–H groups in total. The minimum absolute atomic E-state index is 0.0376. The van der Waals surface area contributed by atoms with Crippen LogP contribution in [0.3, 0.4) is 0 Å². The van der Waals surface area contributed by atoms with Crippen molar-refractivity contribution >= 4 is 17.5 Å². The van der Waals surface area contributed by atoms with E-state index in [1.54, 1.807) is 17.9 Å². The average Bonchev–Trinajstić information content (AvgIpc) is 2.66. The summed E-state index contributed by atoms with van der Waals surface area (Å²) < 4.78 is 5.24. The van der Waals surface area contributed by atoms with Gasteiger partial charge >= 0.3 is 5.69 Å². The smallest absolute Gasteiger partial charge is 0.311 e. The van der Waals surface area contributed by atoms with Gasteiger partial charge in [0.2, 0.25) is 5.91 Å². The number of nitro groups is 1. The Hall–Kier alpha value is -2.64. The van der Waals surface area contributed by atoms with Gasteiger partial charge in [-0.2, -0.15) is 0 Å². The lowest BCUT2D eigenvalue weighted by Gasteiger charge is -2.31. The molecule has 0 aliphatic carbocycles. The van der Waals surface area contributed by atoms with E-state index in [4.69, 9.17) is 4.74 Å². The van der Waals surface area contributed by atoms with Crippen molar-refractivity contribution in [3.05, 3.63) is 33.9 Å². The SMILES string of the molecule is CCCNC(=O)C1CCN(C(=O)c2ccc(OCC)c([N+](=O)[O-])c2)CC1. The van der Waals surface area contributed by atoms with E-state index < -0.39 is 4.92 Å². The van der Waals surface area contributed by atoms with Crippen LogP contribution in [-0.4, -0.2) is 47.9 Å². The number of benzene rings is 1. The first-order valence-electron chi connectivity index (χ1n) is 8.96. The third-order valence-corrected chi connectivity index (χ3v) is 4.40. The van der Waals surface area contributed by atoms with Crippen LogP contribution in [0.15, 0.2) is 18.2 Å². The summed E-state index contributed by atoms with van der Waals surface area (Å²) >= 11 is 0. The number of hydrogen-bond acceptors (Lipinski definition) is 5. The maximum absolute atomic E-state index is 12.7. The van der Waals surface area contributed by atoms with Gasteiger partial charge in [-0.05, 0) is 38.3 Å². The van der Waals surface area contributed by atoms with Crippen molar-refractivity contribution in [3.63, 3.8) is 0 Å². The van der Waals surface area contributed by atoms with Gasteiger partial charge in [0.1, 0.15) is 0 Å². The molecule has 0 saturated carbocycles. The van der Waals surface area contributed by atoms with Crippen molar-refractivity contribution in [2.75, 3.05) is 26.2 Å². The molecule has 1 saturated heterocycles. The van der Waals surface area contributed by atoms with E-state index in [0.29, 0.717) is 39.1 Å². The van der Waals surface area contributed by atoms with Gasteiger partial charge < -0.3 is 15.0 Å². The molecule has 142 valence electrons. The number of nitro benzene ring substituents is 1. The maximum atomic E-state index is 12.7. The molecule has 1 aliphatic heterocycles. The summed E-state index contributed by atoms with van der Waals surface area (Å²) in [7, 11) is 0. The molecule has 8 nitrogen and oxygen atoms in total. The molecule has 2 amide bonds. The number of carbonyl (C=O) groups excluding carboxylic acids is 2. The minimum Gasteiger partial charge on any atom is -0.487 e. The molecule has 1 fully saturated rings. The molecule has 1 aliphatic rings. The zero-order valence-electron chi connectivity index (χ0n) is 15.2. The lowest BCUT2D eigenvalue weighted by atomic mass is 9.95. The van der Waals surface area contributed by atoms with Crippen molar-refractivity contribution in [2.45, 2.75) is 33.1 Å². The number of ether oxygens (including phenoxy) is 1. The third-order valence-electron chi connectivity index (χ3n) is 4.40. The quantitative estimate of drug-likeness (QED) is 0.592. The van der Waals surface area contributed by atoms with Crippen LogP contribution in [0, 0.1) is 16.0 Å². The second-order valence-electron chi connectivity index (χ2n) is 6.23. The summed E-state index contributed by atoms with van der Waals surface area (Å²) in [6.07, 6.45) is 2.08. The van der Waals surface area contributed by atoms with Gasteiger partial charge in [0, 0.05) is 37.2 Å². The molecule has 0 unspecified atom stereocenters. The van der Waals surface area contributed by atoms with Crippen molar-refractivity contribution in [1.29, 1.82) is 0 Å². The fourth-order valence-corrected chi connectivity index (χ4v) is 2.99. The molecular weight excluding hydrogens is 338 g/mol. The first-order chi connectivity index (χ1) is 12.5. The van der Waals surface area contributed by atoms with Crippen LogP contribution in [0.25, 0.3) is 0 Å². The van der Waals surface area contributed by atoms with Gasteiger partial charge in [0.15, 0.2) is 5.75 Å². The normalized spacial score (nSPS) is 14.8. The van der Waals surface area contributed by atoms with Crippen LogP contribution in [0.5, 0.6) is 5.75 Å². The number of nitrogens with zero attached hydrogens (tertiary/aromatic N) is 2. The van der Waals surface area contributed by atoms with E-state index in [-0.39, 0.29) is 34.7 Å². The lowest BCUT2D eigenvalue weighted by Crippen LogP contribution is -2.43. The molecule has 26 heavy (non-hydrogen) atoms. The number of nitrogens with one attached hydrogen (secondary N) is 1. The summed E-state index contributed by atoms with van der Waals surface area (Å²) in [4.78, 5) is 37.0. The van der Waals surface area contributed by atoms with Crippen LogP contribution in [-0.2, 0) is 4.79 Å². The van der Waals surface area contributed by atoms with E-state index in [1.807, 2.05) is 6.92 Å². The zero-order chi connectivity index (χ0) is 19.1. The van der Waals surface area contributed by atoms with Gasteiger partial charge in [-0.15, -0.1) is 0 Å². The second kappa shape index (κ2) is 9.17. The molecule has 0 bridgehead atoms. The van der Waals surface area contributed by atoms with Gasteiger partial charge in [-0.1, -0.05) is 6.92 Å². The minimum atomic E-state index is -0.550. The number of piperidine rings is 1. The third kappa shape index (κ3) is 4.71. The molecule has 2 rings (SSSR count). The molecule has 0 aromatic heterocycles. The molecule has 0 atom stereocenters. The van der Waals surface area contributed by atoms with E-state index in [0.717, 1.165) is 6.42 Å². The molecule has 0 spiro atoms. The van der Waals surface area contributed by atoms with Crippen molar-refractivity contribution in [2.24, 2.45) is 5.92 Å². The number of amides is 2. The highest BCUT2D eigenvalue weighted by Crippen LogP contribution is 2.29. The first-order valence-corrected chi connectivity index (χ1v) is 8.96. The Balaban J connectivity index is 2.03. The van der Waals surface area contributed by atoms with Crippen LogP contribution in [0.4, 0.5) is 5.69 Å². The largest absolute Gasteiger partial charge is 0.487 e. The molecule has 0 radical (unpaired) electrons. The number of likely N-dealkylation sites (tertiary alicyclic amines) is 1. The Morgan fingerprint density at radius 1 is 1.31 bits per heavy atom. The highest BCUT2D eigenvalue weighted by Gasteiger charge is 2.28. The van der Waals surface area contributed by atoms with Crippen molar-refractivity contribution < 1.29 is 19.2 Å². The fraction of sp³-hybridized carbons (Fsp3) is 0.556. The fourth-order valence-electron chi connectivity index (χ4n) is 2.99. The summed E-state index contributed by atoms with van der Waals surface area (Å²) in [5.74, 6) is -0.153. The van der Waals surface area contributed by atoms with Crippen molar-refractivity contribution in [1.82, 2.24) is 10.2 Å². The van der Waals surface area contributed by atoms with E-state index >= 15 is 0 Å². The topological polar surface area (TPSA) is 102 Å². The van der Waals surface area contributed by atoms with Gasteiger partial charge in [-0.3, -0.25) is 19.7 Å². The van der Waals surface area contributed by atoms with E-state index in [1.165, 1.54) is 12.1 Å². The highest BCUT2D eigenvalue weighted by atomic mass is 16.6. The van der Waals surface area contributed by atoms with Crippen LogP contribution in [0.1, 0.15) is 43.5 Å². The second-order valence-corrected chi connectivity index (χ2v) is 6.23. The number of carbonyl (C=O) groups is 2. The Labute approximate surface area is 152 Å². The maximum Gasteiger partial charge on any atom is 0.311 e.